The van der Waals surface area contributed by atoms with E-state index in [4.69, 9.17) is 10.5 Å². The molecule has 2 aromatic rings. The molecule has 0 saturated heterocycles. The summed E-state index contributed by atoms with van der Waals surface area (Å²) in [4.78, 5) is 14.9. The number of carbonyl (C=O) groups excluding carboxylic acids is 1. The Labute approximate surface area is 162 Å². The summed E-state index contributed by atoms with van der Waals surface area (Å²) in [6.45, 7) is 4.63. The Bertz CT molecular complexity index is 780. The van der Waals surface area contributed by atoms with Crippen LogP contribution in [0.1, 0.15) is 36.2 Å². The first kappa shape index (κ1) is 19.6. The summed E-state index contributed by atoms with van der Waals surface area (Å²) in [7, 11) is 0. The quantitative estimate of drug-likeness (QED) is 0.716. The number of fused-ring (bicyclic) bond motifs is 1. The van der Waals surface area contributed by atoms with Gasteiger partial charge >= 0.3 is 0 Å². The molecule has 0 aromatic heterocycles. The number of carbonyl (C=O) groups is 1. The zero-order valence-corrected chi connectivity index (χ0v) is 16.7. The van der Waals surface area contributed by atoms with Crippen molar-refractivity contribution in [2.75, 3.05) is 17.2 Å². The lowest BCUT2D eigenvalue weighted by atomic mass is 9.99. The molecule has 25 heavy (non-hydrogen) atoms. The van der Waals surface area contributed by atoms with Gasteiger partial charge in [0.1, 0.15) is 5.75 Å². The van der Waals surface area contributed by atoms with Crippen molar-refractivity contribution in [2.24, 2.45) is 0 Å². The van der Waals surface area contributed by atoms with Gasteiger partial charge < -0.3 is 15.4 Å². The van der Waals surface area contributed by atoms with Gasteiger partial charge in [-0.05, 0) is 62.6 Å². The van der Waals surface area contributed by atoms with Crippen LogP contribution in [-0.4, -0.2) is 18.6 Å². The van der Waals surface area contributed by atoms with Gasteiger partial charge in [0.25, 0.3) is 5.91 Å². The van der Waals surface area contributed by atoms with E-state index in [1.807, 2.05) is 49.1 Å². The van der Waals surface area contributed by atoms with Crippen molar-refractivity contribution >= 4 is 45.6 Å². The Balaban J connectivity index is 0.00000225. The van der Waals surface area contributed by atoms with Crippen LogP contribution in [0.5, 0.6) is 5.75 Å². The highest BCUT2D eigenvalue weighted by Crippen LogP contribution is 2.33. The molecule has 4 nitrogen and oxygen atoms in total. The number of anilines is 2. The van der Waals surface area contributed by atoms with Gasteiger partial charge in [-0.25, -0.2) is 0 Å². The molecule has 0 atom stereocenters. The van der Waals surface area contributed by atoms with E-state index in [2.05, 4.69) is 15.9 Å². The molecule has 134 valence electrons. The molecular formula is C19H22BrClN2O2. The van der Waals surface area contributed by atoms with E-state index < -0.39 is 0 Å². The Hall–Kier alpha value is -1.72. The predicted molar refractivity (Wildman–Crippen MR) is 108 cm³/mol. The highest BCUT2D eigenvalue weighted by Gasteiger charge is 2.25. The normalized spacial score (nSPS) is 13.2. The van der Waals surface area contributed by atoms with Crippen molar-refractivity contribution in [3.63, 3.8) is 0 Å². The third kappa shape index (κ3) is 4.28. The molecule has 0 fully saturated rings. The minimum atomic E-state index is -0.0311. The van der Waals surface area contributed by atoms with E-state index in [-0.39, 0.29) is 24.4 Å². The molecule has 2 N–H and O–H groups in total. The first-order chi connectivity index (χ1) is 11.5. The van der Waals surface area contributed by atoms with Crippen molar-refractivity contribution in [3.05, 3.63) is 52.0 Å². The summed E-state index contributed by atoms with van der Waals surface area (Å²) < 4.78 is 6.57. The third-order valence-electron chi connectivity index (χ3n) is 4.02. The Morgan fingerprint density at radius 2 is 2.04 bits per heavy atom. The van der Waals surface area contributed by atoms with Crippen LogP contribution in [0.15, 0.2) is 40.9 Å². The zero-order valence-electron chi connectivity index (χ0n) is 14.3. The van der Waals surface area contributed by atoms with Crippen LogP contribution in [0.25, 0.3) is 0 Å². The van der Waals surface area contributed by atoms with Gasteiger partial charge in [-0.1, -0.05) is 22.0 Å². The number of hydrogen-bond donors (Lipinski definition) is 1. The Kier molecular flexibility index (Phi) is 6.36. The van der Waals surface area contributed by atoms with Crippen LogP contribution in [-0.2, 0) is 6.42 Å². The number of benzene rings is 2. The molecule has 6 heteroatoms. The second-order valence-electron chi connectivity index (χ2n) is 6.25. The molecule has 3 rings (SSSR count). The molecule has 1 amide bonds. The number of hydrogen-bond acceptors (Lipinski definition) is 3. The summed E-state index contributed by atoms with van der Waals surface area (Å²) in [5.41, 5.74) is 9.41. The smallest absolute Gasteiger partial charge is 0.258 e. The van der Waals surface area contributed by atoms with Crippen LogP contribution in [0.3, 0.4) is 0 Å². The van der Waals surface area contributed by atoms with Crippen molar-refractivity contribution in [1.29, 1.82) is 0 Å². The average molecular weight is 426 g/mol. The SMILES string of the molecule is CC(C)Oc1cc(Br)cc(C(=O)N2CCCc3c(N)cccc32)c1.Cl. The van der Waals surface area contributed by atoms with E-state index in [9.17, 15) is 4.79 Å². The number of nitrogen functional groups attached to an aromatic ring is 1. The van der Waals surface area contributed by atoms with Gasteiger partial charge in [-0.2, -0.15) is 0 Å². The molecule has 0 unspecified atom stereocenters. The second kappa shape index (κ2) is 8.11. The van der Waals surface area contributed by atoms with Crippen molar-refractivity contribution in [3.8, 4) is 5.75 Å². The monoisotopic (exact) mass is 424 g/mol. The Morgan fingerprint density at radius 1 is 1.28 bits per heavy atom. The molecule has 1 heterocycles. The van der Waals surface area contributed by atoms with E-state index >= 15 is 0 Å². The summed E-state index contributed by atoms with van der Waals surface area (Å²) in [6, 6.07) is 11.3. The summed E-state index contributed by atoms with van der Waals surface area (Å²) in [5.74, 6) is 0.656. The van der Waals surface area contributed by atoms with E-state index in [0.717, 1.165) is 34.3 Å². The summed E-state index contributed by atoms with van der Waals surface area (Å²) in [6.07, 6.45) is 1.88. The minimum Gasteiger partial charge on any atom is -0.491 e. The molecule has 0 bridgehead atoms. The van der Waals surface area contributed by atoms with Crippen LogP contribution >= 0.6 is 28.3 Å². The summed E-state index contributed by atoms with van der Waals surface area (Å²) in [5, 5.41) is 0. The molecule has 0 radical (unpaired) electrons. The predicted octanol–water partition coefficient (Wildman–Crippen LogP) is 4.83. The van der Waals surface area contributed by atoms with Crippen LogP contribution in [0.2, 0.25) is 0 Å². The van der Waals surface area contributed by atoms with E-state index in [1.165, 1.54) is 0 Å². The van der Waals surface area contributed by atoms with Gasteiger partial charge in [-0.15, -0.1) is 12.4 Å². The number of rotatable bonds is 3. The maximum absolute atomic E-state index is 13.1. The fourth-order valence-corrected chi connectivity index (χ4v) is 3.52. The maximum atomic E-state index is 13.1. The molecule has 0 aliphatic carbocycles. The molecule has 2 aromatic carbocycles. The van der Waals surface area contributed by atoms with E-state index in [1.54, 1.807) is 6.07 Å². The van der Waals surface area contributed by atoms with Crippen molar-refractivity contribution in [2.45, 2.75) is 32.8 Å². The fourth-order valence-electron chi connectivity index (χ4n) is 3.04. The van der Waals surface area contributed by atoms with Crippen LogP contribution in [0, 0.1) is 0 Å². The average Bonchev–Trinajstić information content (AvgIpc) is 2.53. The number of halogens is 2. The number of ether oxygens (including phenoxy) is 1. The largest absolute Gasteiger partial charge is 0.491 e. The molecule has 1 aliphatic rings. The number of amides is 1. The van der Waals surface area contributed by atoms with Gasteiger partial charge in [-0.3, -0.25) is 4.79 Å². The van der Waals surface area contributed by atoms with Crippen LogP contribution < -0.4 is 15.4 Å². The van der Waals surface area contributed by atoms with Gasteiger partial charge in [0.05, 0.1) is 6.10 Å². The lowest BCUT2D eigenvalue weighted by molar-refractivity contribution is 0.0984. The standard InChI is InChI=1S/C19H21BrN2O2.ClH/c1-12(2)24-15-10-13(9-14(20)11-15)19(23)22-8-4-5-16-17(21)6-3-7-18(16)22;/h3,6-7,9-12H,4-5,8,21H2,1-2H3;1H. The lowest BCUT2D eigenvalue weighted by Crippen LogP contribution is -2.35. The fraction of sp³-hybridized carbons (Fsp3) is 0.316. The molecule has 0 saturated carbocycles. The first-order valence-corrected chi connectivity index (χ1v) is 8.91. The van der Waals surface area contributed by atoms with Gasteiger partial charge in [0, 0.05) is 28.0 Å². The topological polar surface area (TPSA) is 55.6 Å². The zero-order chi connectivity index (χ0) is 17.3. The van der Waals surface area contributed by atoms with Gasteiger partial charge in [0.2, 0.25) is 0 Å². The highest BCUT2D eigenvalue weighted by atomic mass is 79.9. The second-order valence-corrected chi connectivity index (χ2v) is 7.16. The lowest BCUT2D eigenvalue weighted by Gasteiger charge is -2.30. The highest BCUT2D eigenvalue weighted by molar-refractivity contribution is 9.10. The van der Waals surface area contributed by atoms with Gasteiger partial charge in [0.15, 0.2) is 0 Å². The number of nitrogens with zero attached hydrogens (tertiary/aromatic N) is 1. The third-order valence-corrected chi connectivity index (χ3v) is 4.48. The molecular weight excluding hydrogens is 404 g/mol. The molecule has 0 spiro atoms. The van der Waals surface area contributed by atoms with Crippen molar-refractivity contribution < 1.29 is 9.53 Å². The first-order valence-electron chi connectivity index (χ1n) is 8.12. The van der Waals surface area contributed by atoms with Crippen molar-refractivity contribution in [1.82, 2.24) is 0 Å². The Morgan fingerprint density at radius 3 is 2.76 bits per heavy atom. The van der Waals surface area contributed by atoms with Crippen LogP contribution in [0.4, 0.5) is 11.4 Å². The maximum Gasteiger partial charge on any atom is 0.258 e. The summed E-state index contributed by atoms with van der Waals surface area (Å²) >= 11 is 3.47. The molecule has 1 aliphatic heterocycles. The minimum absolute atomic E-state index is 0. The number of nitrogens with two attached hydrogens (primary N) is 1. The van der Waals surface area contributed by atoms with E-state index in [0.29, 0.717) is 17.9 Å².